The number of primary amides is 1. The molecule has 0 spiro atoms. The molecule has 75 heavy (non-hydrogen) atoms. The van der Waals surface area contributed by atoms with Gasteiger partial charge in [0.25, 0.3) is 0 Å². The number of likely N-dealkylation sites (tertiary alicyclic amines) is 1. The lowest BCUT2D eigenvalue weighted by Gasteiger charge is -2.32. The second kappa shape index (κ2) is 29.6. The second-order valence-electron chi connectivity index (χ2n) is 19.6. The molecular formula is C51H76N10O14. The molecule has 24 nitrogen and oxygen atoms in total. The first kappa shape index (κ1) is 62.1. The van der Waals surface area contributed by atoms with Crippen molar-refractivity contribution in [2.45, 2.75) is 154 Å². The highest BCUT2D eigenvalue weighted by molar-refractivity contribution is 5.98. The quantitative estimate of drug-likeness (QED) is 0.0418. The number of hydrogen-bond acceptors (Lipinski definition) is 14. The van der Waals surface area contributed by atoms with Crippen molar-refractivity contribution in [1.82, 2.24) is 42.1 Å². The summed E-state index contributed by atoms with van der Waals surface area (Å²) in [6.45, 7) is 10.3. The molecule has 0 bridgehead atoms. The molecule has 1 saturated heterocycles. The molecule has 2 aromatic carbocycles. The average Bonchev–Trinajstić information content (AvgIpc) is 3.86. The van der Waals surface area contributed by atoms with E-state index in [2.05, 4.69) is 37.2 Å². The van der Waals surface area contributed by atoms with Crippen LogP contribution in [0.3, 0.4) is 0 Å². The van der Waals surface area contributed by atoms with Gasteiger partial charge in [0.15, 0.2) is 0 Å². The van der Waals surface area contributed by atoms with Gasteiger partial charge in [0.2, 0.25) is 53.2 Å². The molecular weight excluding hydrogens is 977 g/mol. The number of phenols is 1. The molecule has 1 aliphatic rings. The number of amides is 9. The molecule has 0 saturated carbocycles. The third-order valence-corrected chi connectivity index (χ3v) is 13.0. The van der Waals surface area contributed by atoms with Gasteiger partial charge < -0.3 is 74.0 Å². The number of nitrogens with two attached hydrogens (primary N) is 2. The Kier molecular flexibility index (Phi) is 24.6. The van der Waals surface area contributed by atoms with Crippen LogP contribution in [0.1, 0.15) is 91.7 Å². The number of aliphatic carboxylic acids is 1. The van der Waals surface area contributed by atoms with Gasteiger partial charge in [-0.1, -0.05) is 90.4 Å². The van der Waals surface area contributed by atoms with Crippen LogP contribution >= 0.6 is 0 Å². The highest BCUT2D eigenvalue weighted by atomic mass is 16.4. The van der Waals surface area contributed by atoms with E-state index < -0.39 is 144 Å². The molecule has 1 fully saturated rings. The number of rotatable bonds is 29. The van der Waals surface area contributed by atoms with Gasteiger partial charge in [0.05, 0.1) is 18.8 Å². The Labute approximate surface area is 436 Å². The molecule has 0 aliphatic carbocycles. The van der Waals surface area contributed by atoms with E-state index in [1.54, 1.807) is 65.0 Å². The summed E-state index contributed by atoms with van der Waals surface area (Å²) >= 11 is 0. The lowest BCUT2D eigenvalue weighted by Crippen LogP contribution is -2.62. The van der Waals surface area contributed by atoms with Gasteiger partial charge >= 0.3 is 5.97 Å². The Balaban J connectivity index is 1.89. The molecule has 1 heterocycles. The smallest absolute Gasteiger partial charge is 0.326 e. The van der Waals surface area contributed by atoms with E-state index in [0.717, 1.165) is 0 Å². The monoisotopic (exact) mass is 1050 g/mol. The fourth-order valence-electron chi connectivity index (χ4n) is 8.14. The summed E-state index contributed by atoms with van der Waals surface area (Å²) in [4.78, 5) is 136. The summed E-state index contributed by atoms with van der Waals surface area (Å²) in [6.07, 6.45) is -1.59. The van der Waals surface area contributed by atoms with E-state index in [0.29, 0.717) is 24.0 Å². The molecule has 0 radical (unpaired) electrons. The summed E-state index contributed by atoms with van der Waals surface area (Å²) in [5, 5.41) is 57.7. The van der Waals surface area contributed by atoms with Crippen LogP contribution in [0.4, 0.5) is 0 Å². The molecule has 3 rings (SSSR count). The molecule has 0 unspecified atom stereocenters. The average molecular weight is 1050 g/mol. The van der Waals surface area contributed by atoms with Crippen molar-refractivity contribution in [2.75, 3.05) is 13.2 Å². The van der Waals surface area contributed by atoms with Gasteiger partial charge in [-0.15, -0.1) is 0 Å². The number of carbonyl (C=O) groups is 10. The van der Waals surface area contributed by atoms with Crippen molar-refractivity contribution < 1.29 is 68.4 Å². The van der Waals surface area contributed by atoms with Crippen molar-refractivity contribution in [2.24, 2.45) is 29.2 Å². The molecule has 2 aromatic rings. The Morgan fingerprint density at radius 2 is 1.13 bits per heavy atom. The van der Waals surface area contributed by atoms with E-state index >= 15 is 0 Å². The minimum absolute atomic E-state index is 0.0524. The van der Waals surface area contributed by atoms with Crippen LogP contribution in [0.5, 0.6) is 5.75 Å². The third kappa shape index (κ3) is 18.9. The first-order valence-electron chi connectivity index (χ1n) is 25.1. The van der Waals surface area contributed by atoms with Crippen LogP contribution in [0, 0.1) is 17.8 Å². The van der Waals surface area contributed by atoms with Crippen molar-refractivity contribution in [1.29, 1.82) is 0 Å². The SMILES string of the molecule is CC[C@H](C)[C@H](N)C(=O)N[C@H](C(=O)N[C@@H](Cc1ccc(O)cc1)C(=O)N[C@@H](CCC(N)=O)C(=O)N[C@H](C(=O)N1CCC[C@H]1C(=O)N[C@@H](Cc1ccccc1)C(=O)N[C@@H](CO)C(=O)N[C@H](C(=O)O)C(C)C)C(C)C)[C@@H](C)O. The fraction of sp³-hybridized carbons (Fsp3) is 0.569. The van der Waals surface area contributed by atoms with Gasteiger partial charge in [-0.25, -0.2) is 4.79 Å². The van der Waals surface area contributed by atoms with Gasteiger partial charge in [-0.3, -0.25) is 43.2 Å². The first-order chi connectivity index (χ1) is 35.3. The van der Waals surface area contributed by atoms with E-state index in [1.807, 2.05) is 6.92 Å². The number of phenolic OH excluding ortho intramolecular Hbond substituents is 1. The number of carboxylic acids is 1. The summed E-state index contributed by atoms with van der Waals surface area (Å²) in [5.74, 6) is -10.7. The number of aliphatic hydroxyl groups is 2. The predicted octanol–water partition coefficient (Wildman–Crippen LogP) is -2.03. The Morgan fingerprint density at radius 1 is 0.640 bits per heavy atom. The number of benzene rings is 2. The van der Waals surface area contributed by atoms with E-state index in [9.17, 15) is 68.4 Å². The van der Waals surface area contributed by atoms with Crippen LogP contribution in [0.15, 0.2) is 54.6 Å². The van der Waals surface area contributed by atoms with Crippen LogP contribution in [0.2, 0.25) is 0 Å². The van der Waals surface area contributed by atoms with Crippen LogP contribution in [-0.4, -0.2) is 158 Å². The van der Waals surface area contributed by atoms with Crippen molar-refractivity contribution >= 4 is 59.1 Å². The maximum absolute atomic E-state index is 14.5. The van der Waals surface area contributed by atoms with Crippen molar-refractivity contribution in [3.63, 3.8) is 0 Å². The molecule has 11 atom stereocenters. The summed E-state index contributed by atoms with van der Waals surface area (Å²) in [7, 11) is 0. The Hall–Kier alpha value is -7.18. The minimum atomic E-state index is -1.60. The molecule has 1 aliphatic heterocycles. The second-order valence-corrected chi connectivity index (χ2v) is 19.6. The summed E-state index contributed by atoms with van der Waals surface area (Å²) < 4.78 is 0. The largest absolute Gasteiger partial charge is 0.508 e. The van der Waals surface area contributed by atoms with Gasteiger partial charge in [0, 0.05) is 25.8 Å². The van der Waals surface area contributed by atoms with Crippen LogP contribution < -0.4 is 48.7 Å². The van der Waals surface area contributed by atoms with Gasteiger partial charge in [-0.05, 0) is 67.2 Å². The zero-order valence-corrected chi connectivity index (χ0v) is 43.5. The highest BCUT2D eigenvalue weighted by Gasteiger charge is 2.41. The number of nitrogens with one attached hydrogen (secondary N) is 7. The number of aliphatic hydroxyl groups excluding tert-OH is 2. The van der Waals surface area contributed by atoms with E-state index in [-0.39, 0.29) is 43.9 Å². The first-order valence-corrected chi connectivity index (χ1v) is 25.1. The third-order valence-electron chi connectivity index (χ3n) is 13.0. The highest BCUT2D eigenvalue weighted by Crippen LogP contribution is 2.22. The number of aromatic hydroxyl groups is 1. The number of carbonyl (C=O) groups excluding carboxylic acids is 9. The Bertz CT molecular complexity index is 2300. The number of nitrogens with zero attached hydrogens (tertiary/aromatic N) is 1. The van der Waals surface area contributed by atoms with Crippen LogP contribution in [-0.2, 0) is 60.8 Å². The lowest BCUT2D eigenvalue weighted by atomic mass is 9.98. The molecule has 15 N–H and O–H groups in total. The van der Waals surface area contributed by atoms with Crippen LogP contribution in [0.25, 0.3) is 0 Å². The standard InChI is InChI=1S/C51H76N10O14/c1-8-28(6)39(53)48(71)60-42(29(7)63)49(72)56-35(24-31-16-18-32(64)19-17-31)44(67)54-33(20-21-38(52)65)43(66)58-40(26(2)3)50(73)61-22-12-15-37(61)47(70)55-34(23-30-13-10-9-11-14-30)45(68)57-36(25-62)46(69)59-41(27(4)5)51(74)75/h9-11,13-14,16-19,26-29,33-37,39-42,62-64H,8,12,15,20-25,53H2,1-7H3,(H2,52,65)(H,54,67)(H,55,70)(H,56,72)(H,57,68)(H,58,66)(H,59,69)(H,60,71)(H,74,75)/t28-,29+,33-,34-,35-,36-,37-,39-,40-,41-,42-/m0/s1. The molecule has 24 heteroatoms. The van der Waals surface area contributed by atoms with E-state index in [4.69, 9.17) is 11.5 Å². The van der Waals surface area contributed by atoms with Gasteiger partial charge in [0.1, 0.15) is 54.1 Å². The molecule has 0 aromatic heterocycles. The van der Waals surface area contributed by atoms with Crippen molar-refractivity contribution in [3.8, 4) is 5.75 Å². The Morgan fingerprint density at radius 3 is 1.65 bits per heavy atom. The molecule has 9 amide bonds. The normalized spacial score (nSPS) is 17.3. The predicted molar refractivity (Wildman–Crippen MR) is 272 cm³/mol. The van der Waals surface area contributed by atoms with E-state index in [1.165, 1.54) is 36.1 Å². The lowest BCUT2D eigenvalue weighted by molar-refractivity contribution is -0.144. The zero-order chi connectivity index (χ0) is 56.3. The fourth-order valence-corrected chi connectivity index (χ4v) is 8.14. The maximum Gasteiger partial charge on any atom is 0.326 e. The topological polar surface area (TPSA) is 391 Å². The summed E-state index contributed by atoms with van der Waals surface area (Å²) in [6, 6.07) is 1.66. The van der Waals surface area contributed by atoms with Gasteiger partial charge in [-0.2, -0.15) is 0 Å². The molecule has 414 valence electrons. The summed E-state index contributed by atoms with van der Waals surface area (Å²) in [5.41, 5.74) is 12.6. The maximum atomic E-state index is 14.5. The minimum Gasteiger partial charge on any atom is -0.508 e. The number of carboxylic acid groups (broad SMARTS) is 1. The number of hydrogen-bond donors (Lipinski definition) is 13. The zero-order valence-electron chi connectivity index (χ0n) is 43.5. The van der Waals surface area contributed by atoms with Crippen molar-refractivity contribution in [3.05, 3.63) is 65.7 Å².